The van der Waals surface area contributed by atoms with Gasteiger partial charge in [-0.25, -0.2) is 4.98 Å². The molecule has 0 fully saturated rings. The van der Waals surface area contributed by atoms with Crippen LogP contribution in [0.2, 0.25) is 5.02 Å². The van der Waals surface area contributed by atoms with Gasteiger partial charge in [-0.3, -0.25) is 0 Å². The molecular weight excluding hydrogens is 258 g/mol. The minimum atomic E-state index is 0.672. The molecule has 19 heavy (non-hydrogen) atoms. The van der Waals surface area contributed by atoms with E-state index in [1.165, 1.54) is 5.56 Å². The third-order valence-corrected chi connectivity index (χ3v) is 3.25. The van der Waals surface area contributed by atoms with Gasteiger partial charge in [0.15, 0.2) is 0 Å². The molecule has 0 atom stereocenters. The molecule has 0 aliphatic heterocycles. The van der Waals surface area contributed by atoms with Crippen LogP contribution < -0.4 is 10.2 Å². The first-order valence-electron chi connectivity index (χ1n) is 6.26. The van der Waals surface area contributed by atoms with Crippen molar-refractivity contribution in [2.24, 2.45) is 0 Å². The Morgan fingerprint density at radius 2 is 1.89 bits per heavy atom. The molecule has 0 spiro atoms. The minimum Gasteiger partial charge on any atom is -0.355 e. The molecular formula is C15H18ClN3. The van der Waals surface area contributed by atoms with Crippen molar-refractivity contribution in [3.8, 4) is 0 Å². The van der Waals surface area contributed by atoms with Gasteiger partial charge in [-0.05, 0) is 24.7 Å². The van der Waals surface area contributed by atoms with Crippen LogP contribution in [0.4, 0.5) is 5.82 Å². The van der Waals surface area contributed by atoms with Crippen LogP contribution in [-0.2, 0) is 13.1 Å². The monoisotopic (exact) mass is 275 g/mol. The molecule has 0 aliphatic carbocycles. The standard InChI is InChI=1S/C15H18ClN3/c1-17-10-14-13(16)8-9-15(18-14)19(2)11-12-6-4-3-5-7-12/h3-9,17H,10-11H2,1-2H3. The Hall–Kier alpha value is -1.58. The highest BCUT2D eigenvalue weighted by molar-refractivity contribution is 6.31. The summed E-state index contributed by atoms with van der Waals surface area (Å²) in [5.41, 5.74) is 2.14. The average Bonchev–Trinajstić information content (AvgIpc) is 2.42. The summed E-state index contributed by atoms with van der Waals surface area (Å²) in [6.45, 7) is 1.50. The molecule has 1 aromatic carbocycles. The molecule has 0 amide bonds. The van der Waals surface area contributed by atoms with Gasteiger partial charge in [-0.2, -0.15) is 0 Å². The number of nitrogens with zero attached hydrogens (tertiary/aromatic N) is 2. The summed E-state index contributed by atoms with van der Waals surface area (Å²) in [7, 11) is 3.92. The molecule has 0 radical (unpaired) electrons. The van der Waals surface area contributed by atoms with Crippen LogP contribution in [0.5, 0.6) is 0 Å². The number of pyridine rings is 1. The van der Waals surface area contributed by atoms with E-state index in [2.05, 4.69) is 27.3 Å². The van der Waals surface area contributed by atoms with Crippen molar-refractivity contribution in [3.63, 3.8) is 0 Å². The van der Waals surface area contributed by atoms with E-state index in [-0.39, 0.29) is 0 Å². The first-order valence-corrected chi connectivity index (χ1v) is 6.63. The highest BCUT2D eigenvalue weighted by Gasteiger charge is 2.07. The quantitative estimate of drug-likeness (QED) is 0.909. The van der Waals surface area contributed by atoms with Gasteiger partial charge >= 0.3 is 0 Å². The lowest BCUT2D eigenvalue weighted by atomic mass is 10.2. The van der Waals surface area contributed by atoms with Crippen LogP contribution in [0.1, 0.15) is 11.3 Å². The fraction of sp³-hybridized carbons (Fsp3) is 0.267. The van der Waals surface area contributed by atoms with E-state index >= 15 is 0 Å². The van der Waals surface area contributed by atoms with Crippen LogP contribution >= 0.6 is 11.6 Å². The zero-order valence-corrected chi connectivity index (χ0v) is 12.0. The predicted octanol–water partition coefficient (Wildman–Crippen LogP) is 3.09. The molecule has 100 valence electrons. The second-order valence-electron chi connectivity index (χ2n) is 4.47. The summed E-state index contributed by atoms with van der Waals surface area (Å²) < 4.78 is 0. The molecule has 4 heteroatoms. The van der Waals surface area contributed by atoms with Crippen molar-refractivity contribution in [1.82, 2.24) is 10.3 Å². The Balaban J connectivity index is 2.15. The zero-order chi connectivity index (χ0) is 13.7. The summed E-state index contributed by atoms with van der Waals surface area (Å²) in [6, 6.07) is 14.2. The molecule has 0 bridgehead atoms. The highest BCUT2D eigenvalue weighted by Crippen LogP contribution is 2.19. The van der Waals surface area contributed by atoms with Crippen LogP contribution in [0, 0.1) is 0 Å². The van der Waals surface area contributed by atoms with E-state index in [0.29, 0.717) is 11.6 Å². The predicted molar refractivity (Wildman–Crippen MR) is 80.6 cm³/mol. The second kappa shape index (κ2) is 6.55. The number of hydrogen-bond acceptors (Lipinski definition) is 3. The highest BCUT2D eigenvalue weighted by atomic mass is 35.5. The molecule has 2 aromatic rings. The molecule has 0 unspecified atom stereocenters. The number of hydrogen-bond donors (Lipinski definition) is 1. The number of rotatable bonds is 5. The van der Waals surface area contributed by atoms with E-state index < -0.39 is 0 Å². The van der Waals surface area contributed by atoms with Crippen LogP contribution in [0.15, 0.2) is 42.5 Å². The molecule has 0 saturated heterocycles. The first kappa shape index (κ1) is 13.8. The Morgan fingerprint density at radius 1 is 1.16 bits per heavy atom. The normalized spacial score (nSPS) is 10.5. The third kappa shape index (κ3) is 3.69. The third-order valence-electron chi connectivity index (χ3n) is 2.90. The Kier molecular flexibility index (Phi) is 4.77. The minimum absolute atomic E-state index is 0.672. The number of nitrogens with one attached hydrogen (secondary N) is 1. The largest absolute Gasteiger partial charge is 0.355 e. The SMILES string of the molecule is CNCc1nc(N(C)Cc2ccccc2)ccc1Cl. The molecule has 1 aromatic heterocycles. The molecule has 0 aliphatic rings. The Morgan fingerprint density at radius 3 is 2.58 bits per heavy atom. The summed E-state index contributed by atoms with van der Waals surface area (Å²) in [6.07, 6.45) is 0. The van der Waals surface area contributed by atoms with E-state index in [4.69, 9.17) is 11.6 Å². The smallest absolute Gasteiger partial charge is 0.129 e. The van der Waals surface area contributed by atoms with Crippen LogP contribution in [0.3, 0.4) is 0 Å². The van der Waals surface area contributed by atoms with Crippen molar-refractivity contribution < 1.29 is 0 Å². The maximum Gasteiger partial charge on any atom is 0.129 e. The van der Waals surface area contributed by atoms with E-state index in [1.807, 2.05) is 44.4 Å². The summed E-state index contributed by atoms with van der Waals surface area (Å²) in [5, 5.41) is 3.78. The molecule has 1 N–H and O–H groups in total. The van der Waals surface area contributed by atoms with E-state index in [1.54, 1.807) is 0 Å². The van der Waals surface area contributed by atoms with Gasteiger partial charge in [0.2, 0.25) is 0 Å². The fourth-order valence-electron chi connectivity index (χ4n) is 1.92. The lowest BCUT2D eigenvalue weighted by Crippen LogP contribution is -2.19. The Labute approximate surface area is 119 Å². The lowest BCUT2D eigenvalue weighted by molar-refractivity contribution is 0.783. The van der Waals surface area contributed by atoms with Crippen molar-refractivity contribution in [2.75, 3.05) is 19.0 Å². The maximum atomic E-state index is 6.12. The van der Waals surface area contributed by atoms with Crippen LogP contribution in [-0.4, -0.2) is 19.1 Å². The van der Waals surface area contributed by atoms with Gasteiger partial charge in [0.25, 0.3) is 0 Å². The zero-order valence-electron chi connectivity index (χ0n) is 11.2. The number of anilines is 1. The molecule has 3 nitrogen and oxygen atoms in total. The lowest BCUT2D eigenvalue weighted by Gasteiger charge is -2.19. The number of halogens is 1. The van der Waals surface area contributed by atoms with Gasteiger partial charge in [0.1, 0.15) is 5.82 Å². The summed E-state index contributed by atoms with van der Waals surface area (Å²) in [5.74, 6) is 0.929. The maximum absolute atomic E-state index is 6.12. The topological polar surface area (TPSA) is 28.2 Å². The van der Waals surface area contributed by atoms with Crippen molar-refractivity contribution in [2.45, 2.75) is 13.1 Å². The second-order valence-corrected chi connectivity index (χ2v) is 4.88. The first-order chi connectivity index (χ1) is 9.20. The van der Waals surface area contributed by atoms with Gasteiger partial charge in [0.05, 0.1) is 10.7 Å². The van der Waals surface area contributed by atoms with Gasteiger partial charge in [-0.1, -0.05) is 41.9 Å². The number of benzene rings is 1. The average molecular weight is 276 g/mol. The van der Waals surface area contributed by atoms with Gasteiger partial charge in [0, 0.05) is 20.1 Å². The molecule has 0 saturated carbocycles. The molecule has 1 heterocycles. The summed E-state index contributed by atoms with van der Waals surface area (Å²) in [4.78, 5) is 6.71. The van der Waals surface area contributed by atoms with E-state index in [0.717, 1.165) is 18.1 Å². The van der Waals surface area contributed by atoms with Gasteiger partial charge < -0.3 is 10.2 Å². The molecule has 2 rings (SSSR count). The number of aromatic nitrogens is 1. The van der Waals surface area contributed by atoms with Gasteiger partial charge in [-0.15, -0.1) is 0 Å². The van der Waals surface area contributed by atoms with Crippen molar-refractivity contribution in [1.29, 1.82) is 0 Å². The van der Waals surface area contributed by atoms with Crippen molar-refractivity contribution >= 4 is 17.4 Å². The fourth-order valence-corrected chi connectivity index (χ4v) is 2.09. The van der Waals surface area contributed by atoms with Crippen LogP contribution in [0.25, 0.3) is 0 Å². The summed E-state index contributed by atoms with van der Waals surface area (Å²) >= 11 is 6.12. The van der Waals surface area contributed by atoms with Crippen molar-refractivity contribution in [3.05, 3.63) is 58.7 Å². The Bertz CT molecular complexity index is 528. The van der Waals surface area contributed by atoms with E-state index in [9.17, 15) is 0 Å².